The fourth-order valence-electron chi connectivity index (χ4n) is 3.35. The van der Waals surface area contributed by atoms with Gasteiger partial charge in [0.25, 0.3) is 0 Å². The fourth-order valence-corrected chi connectivity index (χ4v) is 4.95. The lowest BCUT2D eigenvalue weighted by atomic mass is 9.98. The Morgan fingerprint density at radius 1 is 1.00 bits per heavy atom. The van der Waals surface area contributed by atoms with Gasteiger partial charge in [-0.05, 0) is 74.6 Å². The predicted molar refractivity (Wildman–Crippen MR) is 109 cm³/mol. The lowest BCUT2D eigenvalue weighted by Crippen LogP contribution is -2.41. The van der Waals surface area contributed by atoms with Crippen molar-refractivity contribution in [3.05, 3.63) is 58.1 Å². The first-order valence-electron chi connectivity index (χ1n) is 9.24. The molecule has 0 radical (unpaired) electrons. The molecule has 0 amide bonds. The van der Waals surface area contributed by atoms with E-state index in [9.17, 15) is 13.2 Å². The Bertz CT molecular complexity index is 978. The van der Waals surface area contributed by atoms with Crippen LogP contribution in [0.5, 0.6) is 5.75 Å². The van der Waals surface area contributed by atoms with Gasteiger partial charge in [0, 0.05) is 18.1 Å². The summed E-state index contributed by atoms with van der Waals surface area (Å²) in [5.74, 6) is 0.0116. The number of hydrogen-bond donors (Lipinski definition) is 0. The van der Waals surface area contributed by atoms with E-state index in [-0.39, 0.29) is 29.9 Å². The molecular weight excluding hydrogens is 398 g/mol. The number of halogens is 1. The molecule has 0 atom stereocenters. The van der Waals surface area contributed by atoms with Crippen LogP contribution in [0.3, 0.4) is 0 Å². The fraction of sp³-hybridized carbons (Fsp3) is 0.381. The summed E-state index contributed by atoms with van der Waals surface area (Å²) in [6, 6.07) is 10.1. The highest BCUT2D eigenvalue weighted by molar-refractivity contribution is 7.89. The number of piperidine rings is 1. The summed E-state index contributed by atoms with van der Waals surface area (Å²) in [4.78, 5) is 12.9. The average Bonchev–Trinajstić information content (AvgIpc) is 2.68. The Morgan fingerprint density at radius 2 is 1.57 bits per heavy atom. The second-order valence-corrected chi connectivity index (χ2v) is 9.58. The maximum Gasteiger partial charge on any atom is 0.314 e. The summed E-state index contributed by atoms with van der Waals surface area (Å²) in [6.07, 6.45) is 0.880. The number of benzene rings is 2. The number of ether oxygens (including phenoxy) is 1. The number of aryl methyl sites for hydroxylation is 2. The monoisotopic (exact) mass is 421 g/mol. The SMILES string of the molecule is Cc1ccc(C)c(OC(=O)C2CCN(S(=O)(=O)c3ccc(Cl)cc3)CC2)c1C. The van der Waals surface area contributed by atoms with Crippen LogP contribution in [0.15, 0.2) is 41.3 Å². The molecule has 0 N–H and O–H groups in total. The van der Waals surface area contributed by atoms with Gasteiger partial charge in [0.05, 0.1) is 10.8 Å². The lowest BCUT2D eigenvalue weighted by molar-refractivity contribution is -0.140. The molecule has 0 saturated carbocycles. The molecule has 0 aromatic heterocycles. The van der Waals surface area contributed by atoms with Crippen molar-refractivity contribution < 1.29 is 17.9 Å². The van der Waals surface area contributed by atoms with Gasteiger partial charge in [-0.25, -0.2) is 8.42 Å². The van der Waals surface area contributed by atoms with E-state index in [0.29, 0.717) is 23.6 Å². The number of nitrogens with zero attached hydrogens (tertiary/aromatic N) is 1. The maximum atomic E-state index is 12.8. The topological polar surface area (TPSA) is 63.7 Å². The summed E-state index contributed by atoms with van der Waals surface area (Å²) in [6.45, 7) is 6.40. The van der Waals surface area contributed by atoms with Crippen LogP contribution in [-0.2, 0) is 14.8 Å². The Kier molecular flexibility index (Phi) is 6.12. The third kappa shape index (κ3) is 4.24. The number of carbonyl (C=O) groups is 1. The molecule has 1 heterocycles. The number of rotatable bonds is 4. The summed E-state index contributed by atoms with van der Waals surface area (Å²) >= 11 is 5.84. The Labute approximate surface area is 171 Å². The highest BCUT2D eigenvalue weighted by Gasteiger charge is 2.33. The molecular formula is C21H24ClNO4S. The van der Waals surface area contributed by atoms with Gasteiger partial charge in [0.2, 0.25) is 10.0 Å². The molecule has 150 valence electrons. The van der Waals surface area contributed by atoms with Crippen LogP contribution in [0.25, 0.3) is 0 Å². The van der Waals surface area contributed by atoms with Gasteiger partial charge in [0.15, 0.2) is 0 Å². The minimum Gasteiger partial charge on any atom is -0.426 e. The van der Waals surface area contributed by atoms with E-state index in [1.807, 2.05) is 32.9 Å². The van der Waals surface area contributed by atoms with Crippen molar-refractivity contribution in [2.75, 3.05) is 13.1 Å². The van der Waals surface area contributed by atoms with E-state index >= 15 is 0 Å². The molecule has 1 saturated heterocycles. The number of sulfonamides is 1. The van der Waals surface area contributed by atoms with Crippen LogP contribution in [0.1, 0.15) is 29.5 Å². The number of hydrogen-bond acceptors (Lipinski definition) is 4. The molecule has 1 fully saturated rings. The largest absolute Gasteiger partial charge is 0.426 e. The van der Waals surface area contributed by atoms with Crippen LogP contribution >= 0.6 is 11.6 Å². The van der Waals surface area contributed by atoms with Gasteiger partial charge in [-0.3, -0.25) is 4.79 Å². The van der Waals surface area contributed by atoms with Crippen molar-refractivity contribution in [1.82, 2.24) is 4.31 Å². The summed E-state index contributed by atoms with van der Waals surface area (Å²) in [5, 5.41) is 0.488. The van der Waals surface area contributed by atoms with Crippen molar-refractivity contribution in [1.29, 1.82) is 0 Å². The standard InChI is InChI=1S/C21H24ClNO4S/c1-14-4-5-15(2)20(16(14)3)27-21(24)17-10-12-23(13-11-17)28(25,26)19-8-6-18(22)7-9-19/h4-9,17H,10-13H2,1-3H3. The second kappa shape index (κ2) is 8.23. The van der Waals surface area contributed by atoms with Crippen molar-refractivity contribution in [2.24, 2.45) is 5.92 Å². The molecule has 5 nitrogen and oxygen atoms in total. The molecule has 2 aromatic rings. The van der Waals surface area contributed by atoms with Gasteiger partial charge in [-0.15, -0.1) is 0 Å². The molecule has 7 heteroatoms. The van der Waals surface area contributed by atoms with Gasteiger partial charge in [-0.1, -0.05) is 23.7 Å². The van der Waals surface area contributed by atoms with Gasteiger partial charge in [-0.2, -0.15) is 4.31 Å². The van der Waals surface area contributed by atoms with Gasteiger partial charge >= 0.3 is 5.97 Å². The Balaban J connectivity index is 1.66. The van der Waals surface area contributed by atoms with Crippen molar-refractivity contribution >= 4 is 27.6 Å². The molecule has 0 aliphatic carbocycles. The molecule has 0 spiro atoms. The molecule has 3 rings (SSSR count). The van der Waals surface area contributed by atoms with Crippen molar-refractivity contribution in [3.63, 3.8) is 0 Å². The zero-order chi connectivity index (χ0) is 20.5. The minimum atomic E-state index is -3.58. The van der Waals surface area contributed by atoms with Crippen LogP contribution in [0.4, 0.5) is 0 Å². The van der Waals surface area contributed by atoms with E-state index in [1.165, 1.54) is 16.4 Å². The van der Waals surface area contributed by atoms with Gasteiger partial charge < -0.3 is 4.74 Å². The van der Waals surface area contributed by atoms with E-state index in [0.717, 1.165) is 16.7 Å². The normalized spacial score (nSPS) is 16.1. The first-order valence-corrected chi connectivity index (χ1v) is 11.1. The maximum absolute atomic E-state index is 12.8. The second-order valence-electron chi connectivity index (χ2n) is 7.21. The predicted octanol–water partition coefficient (Wildman–Crippen LogP) is 4.27. The Hall–Kier alpha value is -1.89. The third-order valence-electron chi connectivity index (χ3n) is 5.31. The quantitative estimate of drug-likeness (QED) is 0.546. The minimum absolute atomic E-state index is 0.212. The summed E-state index contributed by atoms with van der Waals surface area (Å²) in [7, 11) is -3.58. The van der Waals surface area contributed by atoms with Crippen LogP contribution < -0.4 is 4.74 Å². The molecule has 0 bridgehead atoms. The number of esters is 1. The van der Waals surface area contributed by atoms with Crippen molar-refractivity contribution in [2.45, 2.75) is 38.5 Å². The average molecular weight is 422 g/mol. The van der Waals surface area contributed by atoms with E-state index < -0.39 is 10.0 Å². The molecule has 1 aliphatic heterocycles. The molecule has 2 aromatic carbocycles. The van der Waals surface area contributed by atoms with Gasteiger partial charge in [0.1, 0.15) is 5.75 Å². The van der Waals surface area contributed by atoms with E-state index in [2.05, 4.69) is 0 Å². The first kappa shape index (κ1) is 20.8. The van der Waals surface area contributed by atoms with Crippen molar-refractivity contribution in [3.8, 4) is 5.75 Å². The van der Waals surface area contributed by atoms with E-state index in [1.54, 1.807) is 12.1 Å². The molecule has 1 aliphatic rings. The van der Waals surface area contributed by atoms with Crippen LogP contribution in [0.2, 0.25) is 5.02 Å². The zero-order valence-electron chi connectivity index (χ0n) is 16.2. The third-order valence-corrected chi connectivity index (χ3v) is 7.48. The summed E-state index contributed by atoms with van der Waals surface area (Å²) < 4.78 is 32.6. The van der Waals surface area contributed by atoms with Crippen LogP contribution in [0, 0.1) is 26.7 Å². The zero-order valence-corrected chi connectivity index (χ0v) is 17.8. The lowest BCUT2D eigenvalue weighted by Gasteiger charge is -2.30. The summed E-state index contributed by atoms with van der Waals surface area (Å²) in [5.41, 5.74) is 2.94. The highest BCUT2D eigenvalue weighted by atomic mass is 35.5. The Morgan fingerprint density at radius 3 is 2.18 bits per heavy atom. The smallest absolute Gasteiger partial charge is 0.314 e. The number of carbonyl (C=O) groups excluding carboxylic acids is 1. The van der Waals surface area contributed by atoms with E-state index in [4.69, 9.17) is 16.3 Å². The highest BCUT2D eigenvalue weighted by Crippen LogP contribution is 2.29. The first-order chi connectivity index (χ1) is 13.2. The van der Waals surface area contributed by atoms with Crippen LogP contribution in [-0.4, -0.2) is 31.8 Å². The molecule has 0 unspecified atom stereocenters. The molecule has 28 heavy (non-hydrogen) atoms.